The highest BCUT2D eigenvalue weighted by Crippen LogP contribution is 2.18. The van der Waals surface area contributed by atoms with Gasteiger partial charge in [-0.25, -0.2) is 4.79 Å². The van der Waals surface area contributed by atoms with Crippen LogP contribution in [0.25, 0.3) is 0 Å². The number of anilines is 1. The number of carbonyl (C=O) groups excluding carboxylic acids is 1. The summed E-state index contributed by atoms with van der Waals surface area (Å²) in [6.07, 6.45) is 1.56. The molecule has 1 atom stereocenters. The quantitative estimate of drug-likeness (QED) is 0.343. The maximum atomic E-state index is 12.2. The predicted octanol–water partition coefficient (Wildman–Crippen LogP) is 3.03. The molecule has 0 radical (unpaired) electrons. The molecule has 6 nitrogen and oxygen atoms in total. The number of nitrogens with one attached hydrogen (secondary N) is 2. The highest BCUT2D eigenvalue weighted by atomic mass is 127. The molecule has 0 aromatic heterocycles. The van der Waals surface area contributed by atoms with E-state index in [1.807, 2.05) is 32.9 Å². The van der Waals surface area contributed by atoms with E-state index < -0.39 is 17.9 Å². The molecule has 1 aromatic rings. The van der Waals surface area contributed by atoms with Gasteiger partial charge in [0.05, 0.1) is 0 Å². The van der Waals surface area contributed by atoms with Crippen molar-refractivity contribution in [3.05, 3.63) is 39.1 Å². The van der Waals surface area contributed by atoms with Crippen molar-refractivity contribution in [2.75, 3.05) is 5.32 Å². The number of hydrogen-bond acceptors (Lipinski definition) is 4. The molecule has 0 bridgehead atoms. The molecule has 0 saturated heterocycles. The minimum Gasteiger partial charge on any atom is -0.480 e. The molecule has 1 rings (SSSR count). The second-order valence-electron chi connectivity index (χ2n) is 5.77. The molecule has 0 heterocycles. The minimum absolute atomic E-state index is 0.167. The van der Waals surface area contributed by atoms with E-state index in [1.165, 1.54) is 6.20 Å². The van der Waals surface area contributed by atoms with Crippen molar-refractivity contribution in [2.45, 2.75) is 33.2 Å². The van der Waals surface area contributed by atoms with E-state index in [2.05, 4.69) is 33.2 Å². The maximum Gasteiger partial charge on any atom is 0.326 e. The van der Waals surface area contributed by atoms with Gasteiger partial charge in [0, 0.05) is 15.5 Å². The number of nitrogens with zero attached hydrogens (tertiary/aromatic N) is 1. The number of halogens is 1. The summed E-state index contributed by atoms with van der Waals surface area (Å²) in [5.41, 5.74) is 1.31. The molecule has 0 fully saturated rings. The Labute approximate surface area is 155 Å². The summed E-state index contributed by atoms with van der Waals surface area (Å²) in [6.45, 7) is 5.66. The number of carboxylic acids is 1. The highest BCUT2D eigenvalue weighted by molar-refractivity contribution is 14.1. The topological polar surface area (TPSA) is 102 Å². The third kappa shape index (κ3) is 6.20. The van der Waals surface area contributed by atoms with Crippen molar-refractivity contribution in [3.8, 4) is 6.07 Å². The smallest absolute Gasteiger partial charge is 0.326 e. The van der Waals surface area contributed by atoms with E-state index in [1.54, 1.807) is 12.1 Å². The summed E-state index contributed by atoms with van der Waals surface area (Å²) in [5, 5.41) is 23.6. The van der Waals surface area contributed by atoms with Crippen LogP contribution in [-0.4, -0.2) is 23.0 Å². The number of carbonyl (C=O) groups is 2. The number of amides is 1. The number of aliphatic carboxylic acids is 1. The standard InChI is InChI=1S/C17H20IN3O3/c1-10(2)6-15(17(23)24)20-9-12(8-19)16(22)21-14-5-4-13(18)7-11(14)3/h4-5,7,9-10,15,20H,6H2,1-3H3,(H,21,22)(H,23,24)/b12-9-. The molecule has 24 heavy (non-hydrogen) atoms. The van der Waals surface area contributed by atoms with Crippen LogP contribution >= 0.6 is 22.6 Å². The second-order valence-corrected chi connectivity index (χ2v) is 7.02. The SMILES string of the molecule is Cc1cc(I)ccc1NC(=O)/C(C#N)=C\NC(CC(C)C)C(=O)O. The van der Waals surface area contributed by atoms with Crippen molar-refractivity contribution in [1.29, 1.82) is 5.26 Å². The molecule has 0 spiro atoms. The monoisotopic (exact) mass is 441 g/mol. The molecule has 7 heteroatoms. The van der Waals surface area contributed by atoms with Gasteiger partial charge in [0.25, 0.3) is 5.91 Å². The lowest BCUT2D eigenvalue weighted by Gasteiger charge is -2.15. The number of hydrogen-bond donors (Lipinski definition) is 3. The van der Waals surface area contributed by atoms with Crippen LogP contribution in [0, 0.1) is 27.7 Å². The Morgan fingerprint density at radius 2 is 2.08 bits per heavy atom. The van der Waals surface area contributed by atoms with Gasteiger partial charge in [-0.05, 0) is 65.6 Å². The average molecular weight is 441 g/mol. The largest absolute Gasteiger partial charge is 0.480 e. The van der Waals surface area contributed by atoms with E-state index in [4.69, 9.17) is 10.4 Å². The molecule has 0 aliphatic carbocycles. The van der Waals surface area contributed by atoms with Gasteiger partial charge in [0.2, 0.25) is 0 Å². The molecule has 128 valence electrons. The normalized spacial score (nSPS) is 12.4. The van der Waals surface area contributed by atoms with Crippen LogP contribution in [0.5, 0.6) is 0 Å². The minimum atomic E-state index is -1.02. The zero-order valence-electron chi connectivity index (χ0n) is 13.8. The predicted molar refractivity (Wildman–Crippen MR) is 100 cm³/mol. The third-order valence-electron chi connectivity index (χ3n) is 3.24. The fraction of sp³-hybridized carbons (Fsp3) is 0.353. The molecule has 1 unspecified atom stereocenters. The first kappa shape index (κ1) is 20.0. The van der Waals surface area contributed by atoms with Crippen LogP contribution in [0.2, 0.25) is 0 Å². The highest BCUT2D eigenvalue weighted by Gasteiger charge is 2.18. The Balaban J connectivity index is 2.85. The van der Waals surface area contributed by atoms with Crippen LogP contribution in [-0.2, 0) is 9.59 Å². The molecule has 0 saturated carbocycles. The van der Waals surface area contributed by atoms with Gasteiger partial charge in [0.1, 0.15) is 17.7 Å². The Morgan fingerprint density at radius 1 is 1.42 bits per heavy atom. The van der Waals surface area contributed by atoms with Gasteiger partial charge >= 0.3 is 5.97 Å². The molecule has 0 aliphatic rings. The average Bonchev–Trinajstić information content (AvgIpc) is 2.49. The third-order valence-corrected chi connectivity index (χ3v) is 3.91. The van der Waals surface area contributed by atoms with Gasteiger partial charge in [-0.3, -0.25) is 4.79 Å². The Kier molecular flexibility index (Phi) is 7.71. The molecule has 1 amide bonds. The summed E-state index contributed by atoms with van der Waals surface area (Å²) < 4.78 is 1.04. The molecule has 1 aromatic carbocycles. The summed E-state index contributed by atoms with van der Waals surface area (Å²) in [7, 11) is 0. The fourth-order valence-electron chi connectivity index (χ4n) is 2.00. The zero-order valence-corrected chi connectivity index (χ0v) is 15.9. The number of rotatable bonds is 7. The number of carboxylic acid groups (broad SMARTS) is 1. The van der Waals surface area contributed by atoms with E-state index in [0.29, 0.717) is 12.1 Å². The lowest BCUT2D eigenvalue weighted by Crippen LogP contribution is -2.35. The first-order chi connectivity index (χ1) is 11.2. The van der Waals surface area contributed by atoms with Crippen LogP contribution in [0.4, 0.5) is 5.69 Å². The van der Waals surface area contributed by atoms with Crippen molar-refractivity contribution >= 4 is 40.2 Å². The van der Waals surface area contributed by atoms with Gasteiger partial charge in [-0.1, -0.05) is 13.8 Å². The summed E-state index contributed by atoms with van der Waals surface area (Å²) >= 11 is 2.17. The molecular formula is C17H20IN3O3. The number of nitriles is 1. The molecule has 0 aliphatic heterocycles. The van der Waals surface area contributed by atoms with Gasteiger partial charge in [-0.2, -0.15) is 5.26 Å². The fourth-order valence-corrected chi connectivity index (χ4v) is 2.65. The number of benzene rings is 1. The Bertz CT molecular complexity index is 693. The van der Waals surface area contributed by atoms with Crippen LogP contribution in [0.15, 0.2) is 30.0 Å². The van der Waals surface area contributed by atoms with Crippen LogP contribution < -0.4 is 10.6 Å². The van der Waals surface area contributed by atoms with E-state index in [0.717, 1.165) is 9.13 Å². The molecular weight excluding hydrogens is 421 g/mol. The number of aryl methyl sites for hydroxylation is 1. The second kappa shape index (κ2) is 9.27. The van der Waals surface area contributed by atoms with Crippen molar-refractivity contribution in [3.63, 3.8) is 0 Å². The van der Waals surface area contributed by atoms with Gasteiger partial charge in [0.15, 0.2) is 0 Å². The van der Waals surface area contributed by atoms with Gasteiger partial charge in [-0.15, -0.1) is 0 Å². The zero-order chi connectivity index (χ0) is 18.3. The lowest BCUT2D eigenvalue weighted by molar-refractivity contribution is -0.139. The van der Waals surface area contributed by atoms with Crippen LogP contribution in [0.3, 0.4) is 0 Å². The van der Waals surface area contributed by atoms with E-state index in [-0.39, 0.29) is 11.5 Å². The van der Waals surface area contributed by atoms with Crippen LogP contribution in [0.1, 0.15) is 25.8 Å². The maximum absolute atomic E-state index is 12.2. The molecule has 3 N–H and O–H groups in total. The Morgan fingerprint density at radius 3 is 2.58 bits per heavy atom. The van der Waals surface area contributed by atoms with Gasteiger partial charge < -0.3 is 15.7 Å². The van der Waals surface area contributed by atoms with E-state index in [9.17, 15) is 9.59 Å². The summed E-state index contributed by atoms with van der Waals surface area (Å²) in [6, 6.07) is 6.46. The first-order valence-corrected chi connectivity index (χ1v) is 8.49. The Hall–Kier alpha value is -2.08. The van der Waals surface area contributed by atoms with Crippen molar-refractivity contribution in [1.82, 2.24) is 5.32 Å². The summed E-state index contributed by atoms with van der Waals surface area (Å²) in [4.78, 5) is 23.4. The van der Waals surface area contributed by atoms with E-state index >= 15 is 0 Å². The first-order valence-electron chi connectivity index (χ1n) is 7.41. The van der Waals surface area contributed by atoms with Crippen molar-refractivity contribution < 1.29 is 14.7 Å². The van der Waals surface area contributed by atoms with Crippen molar-refractivity contribution in [2.24, 2.45) is 5.92 Å². The lowest BCUT2D eigenvalue weighted by atomic mass is 10.0. The summed E-state index contributed by atoms with van der Waals surface area (Å²) in [5.74, 6) is -1.44.